The molecule has 0 unspecified atom stereocenters. The van der Waals surface area contributed by atoms with Crippen molar-refractivity contribution < 1.29 is 0 Å². The van der Waals surface area contributed by atoms with Crippen molar-refractivity contribution in [2.75, 3.05) is 10.6 Å². The van der Waals surface area contributed by atoms with E-state index in [0.717, 1.165) is 23.1 Å². The molecule has 124 valence electrons. The van der Waals surface area contributed by atoms with Gasteiger partial charge in [0, 0.05) is 17.3 Å². The molecule has 23 heavy (non-hydrogen) atoms. The molecule has 0 radical (unpaired) electrons. The molecule has 1 aromatic heterocycles. The summed E-state index contributed by atoms with van der Waals surface area (Å²) in [6.07, 6.45) is 0. The smallest absolute Gasteiger partial charge is 0.136 e. The number of nitrogens with zero attached hydrogens (tertiary/aromatic N) is 2. The Bertz CT molecular complexity index is 661. The van der Waals surface area contributed by atoms with Crippen LogP contribution < -0.4 is 10.6 Å². The number of benzene rings is 1. The third-order valence-corrected chi connectivity index (χ3v) is 3.36. The molecule has 0 aliphatic rings. The van der Waals surface area contributed by atoms with Crippen LogP contribution in [0.3, 0.4) is 0 Å². The van der Waals surface area contributed by atoms with E-state index in [-0.39, 0.29) is 11.0 Å². The van der Waals surface area contributed by atoms with Crippen LogP contribution in [0, 0.1) is 6.92 Å². The summed E-state index contributed by atoms with van der Waals surface area (Å²) in [4.78, 5) is 8.91. The third-order valence-electron chi connectivity index (χ3n) is 3.36. The molecule has 0 aliphatic carbocycles. The van der Waals surface area contributed by atoms with E-state index in [1.807, 2.05) is 13.0 Å². The molecule has 1 aromatic carbocycles. The maximum Gasteiger partial charge on any atom is 0.136 e. The predicted octanol–water partition coefficient (Wildman–Crippen LogP) is 5.04. The van der Waals surface area contributed by atoms with Crippen molar-refractivity contribution in [3.05, 3.63) is 41.7 Å². The monoisotopic (exact) mass is 312 g/mol. The molecule has 0 aliphatic heterocycles. The van der Waals surface area contributed by atoms with Gasteiger partial charge in [-0.3, -0.25) is 0 Å². The number of nitrogens with one attached hydrogen (secondary N) is 2. The lowest BCUT2D eigenvalue weighted by atomic mass is 9.87. The first kappa shape index (κ1) is 17.3. The van der Waals surface area contributed by atoms with Crippen molar-refractivity contribution in [1.82, 2.24) is 9.97 Å². The normalized spacial score (nSPS) is 12.1. The summed E-state index contributed by atoms with van der Waals surface area (Å²) in [5, 5.41) is 6.74. The molecule has 2 N–H and O–H groups in total. The van der Waals surface area contributed by atoms with Gasteiger partial charge in [0.15, 0.2) is 0 Å². The third kappa shape index (κ3) is 5.23. The van der Waals surface area contributed by atoms with E-state index < -0.39 is 0 Å². The van der Waals surface area contributed by atoms with Gasteiger partial charge in [-0.05, 0) is 50.8 Å². The number of aromatic nitrogens is 2. The molecule has 0 bridgehead atoms. The van der Waals surface area contributed by atoms with Crippen LogP contribution in [-0.4, -0.2) is 15.5 Å². The molecule has 2 rings (SSSR count). The second kappa shape index (κ2) is 6.19. The Morgan fingerprint density at radius 2 is 1.39 bits per heavy atom. The van der Waals surface area contributed by atoms with E-state index in [4.69, 9.17) is 0 Å². The Kier molecular flexibility index (Phi) is 4.64. The molecule has 0 spiro atoms. The van der Waals surface area contributed by atoms with Crippen LogP contribution in [0.4, 0.5) is 17.3 Å². The van der Waals surface area contributed by atoms with Gasteiger partial charge in [0.05, 0.1) is 0 Å². The summed E-state index contributed by atoms with van der Waals surface area (Å²) in [7, 11) is 0. The highest BCUT2D eigenvalue weighted by Crippen LogP contribution is 2.25. The summed E-state index contributed by atoms with van der Waals surface area (Å²) in [6, 6.07) is 10.4. The molecule has 0 saturated carbocycles. The fourth-order valence-corrected chi connectivity index (χ4v) is 2.28. The van der Waals surface area contributed by atoms with Crippen LogP contribution >= 0.6 is 0 Å². The van der Waals surface area contributed by atoms with Crippen LogP contribution in [-0.2, 0) is 5.41 Å². The maximum atomic E-state index is 4.47. The lowest BCUT2D eigenvalue weighted by Crippen LogP contribution is -2.26. The van der Waals surface area contributed by atoms with Crippen LogP contribution in [0.5, 0.6) is 0 Å². The van der Waals surface area contributed by atoms with Gasteiger partial charge in [0.1, 0.15) is 17.5 Å². The SMILES string of the molecule is Cc1nc(Nc2ccc(C(C)(C)C)cc2)cc(NC(C)(C)C)n1. The first-order chi connectivity index (χ1) is 10.5. The Morgan fingerprint density at radius 3 is 1.91 bits per heavy atom. The molecule has 1 heterocycles. The average molecular weight is 312 g/mol. The molecule has 0 fully saturated rings. The molecule has 2 aromatic rings. The van der Waals surface area contributed by atoms with Gasteiger partial charge in [-0.2, -0.15) is 0 Å². The van der Waals surface area contributed by atoms with Crippen LogP contribution in [0.25, 0.3) is 0 Å². The molecular weight excluding hydrogens is 284 g/mol. The molecule has 4 heteroatoms. The lowest BCUT2D eigenvalue weighted by Gasteiger charge is -2.22. The van der Waals surface area contributed by atoms with E-state index in [2.05, 4.69) is 86.4 Å². The zero-order valence-corrected chi connectivity index (χ0v) is 15.3. The fraction of sp³-hybridized carbons (Fsp3) is 0.474. The maximum absolute atomic E-state index is 4.47. The van der Waals surface area contributed by atoms with Crippen molar-refractivity contribution >= 4 is 17.3 Å². The van der Waals surface area contributed by atoms with Gasteiger partial charge in [0.2, 0.25) is 0 Å². The Hall–Kier alpha value is -2.10. The summed E-state index contributed by atoms with van der Waals surface area (Å²) in [5.74, 6) is 2.37. The molecule has 0 saturated heterocycles. The van der Waals surface area contributed by atoms with Gasteiger partial charge in [-0.15, -0.1) is 0 Å². The van der Waals surface area contributed by atoms with Crippen LogP contribution in [0.1, 0.15) is 52.9 Å². The summed E-state index contributed by atoms with van der Waals surface area (Å²) < 4.78 is 0. The van der Waals surface area contributed by atoms with E-state index in [1.165, 1.54) is 5.56 Å². The zero-order chi connectivity index (χ0) is 17.3. The van der Waals surface area contributed by atoms with Crippen molar-refractivity contribution in [2.24, 2.45) is 0 Å². The minimum atomic E-state index is -0.0353. The minimum absolute atomic E-state index is 0.0353. The van der Waals surface area contributed by atoms with Gasteiger partial charge in [0.25, 0.3) is 0 Å². The number of anilines is 3. The minimum Gasteiger partial charge on any atom is -0.365 e. The average Bonchev–Trinajstić information content (AvgIpc) is 2.35. The molecular formula is C19H28N4. The Balaban J connectivity index is 2.20. The quantitative estimate of drug-likeness (QED) is 0.834. The van der Waals surface area contributed by atoms with Gasteiger partial charge in [-0.25, -0.2) is 9.97 Å². The topological polar surface area (TPSA) is 49.8 Å². The first-order valence-corrected chi connectivity index (χ1v) is 8.04. The van der Waals surface area contributed by atoms with Gasteiger partial charge in [-0.1, -0.05) is 32.9 Å². The standard InChI is InChI=1S/C19H28N4/c1-13-20-16(12-17(21-13)23-19(5,6)7)22-15-10-8-14(9-11-15)18(2,3)4/h8-12H,1-7H3,(H2,20,21,22,23). The molecule has 4 nitrogen and oxygen atoms in total. The Labute approximate surface area is 139 Å². The summed E-state index contributed by atoms with van der Waals surface area (Å²) in [5.41, 5.74) is 2.47. The van der Waals surface area contributed by atoms with Gasteiger partial charge < -0.3 is 10.6 Å². The number of rotatable bonds is 3. The van der Waals surface area contributed by atoms with Crippen molar-refractivity contribution in [3.8, 4) is 0 Å². The first-order valence-electron chi connectivity index (χ1n) is 8.04. The highest BCUT2D eigenvalue weighted by Gasteiger charge is 2.14. The van der Waals surface area contributed by atoms with Crippen LogP contribution in [0.15, 0.2) is 30.3 Å². The van der Waals surface area contributed by atoms with Crippen LogP contribution in [0.2, 0.25) is 0 Å². The predicted molar refractivity (Wildman–Crippen MR) is 98.6 cm³/mol. The van der Waals surface area contributed by atoms with E-state index >= 15 is 0 Å². The van der Waals surface area contributed by atoms with Gasteiger partial charge >= 0.3 is 0 Å². The summed E-state index contributed by atoms with van der Waals surface area (Å²) >= 11 is 0. The highest BCUT2D eigenvalue weighted by atomic mass is 15.1. The number of hydrogen-bond donors (Lipinski definition) is 2. The van der Waals surface area contributed by atoms with E-state index in [9.17, 15) is 0 Å². The van der Waals surface area contributed by atoms with Crippen molar-refractivity contribution in [1.29, 1.82) is 0 Å². The Morgan fingerprint density at radius 1 is 0.826 bits per heavy atom. The lowest BCUT2D eigenvalue weighted by molar-refractivity contribution is 0.590. The number of aryl methyl sites for hydroxylation is 1. The van der Waals surface area contributed by atoms with E-state index in [1.54, 1.807) is 0 Å². The van der Waals surface area contributed by atoms with Crippen molar-refractivity contribution in [2.45, 2.75) is 59.4 Å². The second-order valence-electron chi connectivity index (χ2n) is 8.01. The van der Waals surface area contributed by atoms with E-state index in [0.29, 0.717) is 0 Å². The summed E-state index contributed by atoms with van der Waals surface area (Å²) in [6.45, 7) is 14.9. The highest BCUT2D eigenvalue weighted by molar-refractivity contribution is 5.60. The number of hydrogen-bond acceptors (Lipinski definition) is 4. The molecule has 0 atom stereocenters. The fourth-order valence-electron chi connectivity index (χ4n) is 2.28. The second-order valence-corrected chi connectivity index (χ2v) is 8.01. The van der Waals surface area contributed by atoms with Crippen molar-refractivity contribution in [3.63, 3.8) is 0 Å². The largest absolute Gasteiger partial charge is 0.365 e. The molecule has 0 amide bonds. The zero-order valence-electron chi connectivity index (χ0n) is 15.3.